The molecular weight excluding hydrogens is 178 g/mol. The first-order valence-electron chi connectivity index (χ1n) is 5.75. The fourth-order valence-corrected chi connectivity index (χ4v) is 3.67. The van der Waals surface area contributed by atoms with Gasteiger partial charge in [0.05, 0.1) is 0 Å². The molecule has 1 saturated heterocycles. The van der Waals surface area contributed by atoms with E-state index >= 15 is 0 Å². The van der Waals surface area contributed by atoms with Crippen LogP contribution in [0.25, 0.3) is 0 Å². The van der Waals surface area contributed by atoms with Gasteiger partial charge in [-0.1, -0.05) is 19.8 Å². The van der Waals surface area contributed by atoms with Crippen LogP contribution in [0, 0.1) is 5.92 Å². The van der Waals surface area contributed by atoms with Crippen molar-refractivity contribution in [2.75, 3.05) is 12.3 Å². The SMILES string of the molecule is CCNC(CC1CC1)C1CCCS1. The summed E-state index contributed by atoms with van der Waals surface area (Å²) in [4.78, 5) is 0. The Morgan fingerprint density at radius 2 is 2.23 bits per heavy atom. The third kappa shape index (κ3) is 2.88. The van der Waals surface area contributed by atoms with Gasteiger partial charge >= 0.3 is 0 Å². The van der Waals surface area contributed by atoms with Gasteiger partial charge in [0.2, 0.25) is 0 Å². The molecule has 2 rings (SSSR count). The minimum Gasteiger partial charge on any atom is -0.313 e. The van der Waals surface area contributed by atoms with Crippen molar-refractivity contribution in [3.05, 3.63) is 0 Å². The van der Waals surface area contributed by atoms with Gasteiger partial charge in [-0.25, -0.2) is 0 Å². The molecular formula is C11H21NS. The zero-order valence-corrected chi connectivity index (χ0v) is 9.41. The van der Waals surface area contributed by atoms with Crippen molar-refractivity contribution in [1.29, 1.82) is 0 Å². The van der Waals surface area contributed by atoms with Crippen LogP contribution in [0.15, 0.2) is 0 Å². The summed E-state index contributed by atoms with van der Waals surface area (Å²) in [6, 6.07) is 0.824. The molecule has 0 amide bonds. The van der Waals surface area contributed by atoms with Crippen LogP contribution in [0.2, 0.25) is 0 Å². The van der Waals surface area contributed by atoms with Crippen molar-refractivity contribution in [3.63, 3.8) is 0 Å². The summed E-state index contributed by atoms with van der Waals surface area (Å²) >= 11 is 2.20. The Morgan fingerprint density at radius 1 is 1.38 bits per heavy atom. The van der Waals surface area contributed by atoms with Crippen molar-refractivity contribution in [3.8, 4) is 0 Å². The topological polar surface area (TPSA) is 12.0 Å². The lowest BCUT2D eigenvalue weighted by Gasteiger charge is -2.23. The molecule has 76 valence electrons. The highest BCUT2D eigenvalue weighted by molar-refractivity contribution is 8.00. The minimum atomic E-state index is 0.824. The lowest BCUT2D eigenvalue weighted by Crippen LogP contribution is -2.37. The molecule has 1 nitrogen and oxygen atoms in total. The fourth-order valence-electron chi connectivity index (χ4n) is 2.26. The van der Waals surface area contributed by atoms with Crippen LogP contribution in [-0.2, 0) is 0 Å². The monoisotopic (exact) mass is 199 g/mol. The highest BCUT2D eigenvalue weighted by Gasteiger charge is 2.31. The summed E-state index contributed by atoms with van der Waals surface area (Å²) in [7, 11) is 0. The lowest BCUT2D eigenvalue weighted by molar-refractivity contribution is 0.447. The zero-order valence-electron chi connectivity index (χ0n) is 8.59. The first kappa shape index (κ1) is 9.85. The second kappa shape index (κ2) is 4.70. The van der Waals surface area contributed by atoms with Gasteiger partial charge in [-0.05, 0) is 37.5 Å². The van der Waals surface area contributed by atoms with E-state index in [9.17, 15) is 0 Å². The second-order valence-electron chi connectivity index (χ2n) is 4.39. The molecule has 2 fully saturated rings. The number of hydrogen-bond acceptors (Lipinski definition) is 2. The quantitative estimate of drug-likeness (QED) is 0.730. The number of rotatable bonds is 5. The number of nitrogens with one attached hydrogen (secondary N) is 1. The van der Waals surface area contributed by atoms with Gasteiger partial charge in [-0.15, -0.1) is 0 Å². The van der Waals surface area contributed by atoms with E-state index in [-0.39, 0.29) is 0 Å². The molecule has 1 N–H and O–H groups in total. The van der Waals surface area contributed by atoms with Gasteiger partial charge < -0.3 is 5.32 Å². The largest absolute Gasteiger partial charge is 0.313 e. The molecule has 0 aromatic rings. The van der Waals surface area contributed by atoms with Gasteiger partial charge in [0.15, 0.2) is 0 Å². The first-order chi connectivity index (χ1) is 6.40. The van der Waals surface area contributed by atoms with E-state index in [0.717, 1.165) is 23.8 Å². The average molecular weight is 199 g/mol. The number of hydrogen-bond donors (Lipinski definition) is 1. The molecule has 0 radical (unpaired) electrons. The summed E-state index contributed by atoms with van der Waals surface area (Å²) in [5.41, 5.74) is 0. The Balaban J connectivity index is 1.79. The summed E-state index contributed by atoms with van der Waals surface area (Å²) < 4.78 is 0. The third-order valence-electron chi connectivity index (χ3n) is 3.16. The fraction of sp³-hybridized carbons (Fsp3) is 1.00. The van der Waals surface area contributed by atoms with Crippen LogP contribution in [0.3, 0.4) is 0 Å². The van der Waals surface area contributed by atoms with Crippen LogP contribution in [-0.4, -0.2) is 23.6 Å². The Hall–Kier alpha value is 0.310. The van der Waals surface area contributed by atoms with E-state index in [1.807, 2.05) is 0 Å². The molecule has 2 aliphatic rings. The highest BCUT2D eigenvalue weighted by Crippen LogP contribution is 2.38. The van der Waals surface area contributed by atoms with Crippen LogP contribution >= 0.6 is 11.8 Å². The van der Waals surface area contributed by atoms with Gasteiger partial charge in [0.1, 0.15) is 0 Å². The zero-order chi connectivity index (χ0) is 9.10. The second-order valence-corrected chi connectivity index (χ2v) is 5.74. The number of thioether (sulfide) groups is 1. The van der Waals surface area contributed by atoms with Crippen molar-refractivity contribution < 1.29 is 0 Å². The summed E-state index contributed by atoms with van der Waals surface area (Å²) in [6.45, 7) is 3.38. The third-order valence-corrected chi connectivity index (χ3v) is 4.68. The first-order valence-corrected chi connectivity index (χ1v) is 6.80. The molecule has 1 saturated carbocycles. The molecule has 1 heterocycles. The molecule has 0 aromatic carbocycles. The van der Waals surface area contributed by atoms with Crippen molar-refractivity contribution >= 4 is 11.8 Å². The molecule has 2 heteroatoms. The molecule has 13 heavy (non-hydrogen) atoms. The highest BCUT2D eigenvalue weighted by atomic mass is 32.2. The van der Waals surface area contributed by atoms with Crippen molar-refractivity contribution in [1.82, 2.24) is 5.32 Å². The van der Waals surface area contributed by atoms with Gasteiger partial charge in [0.25, 0.3) is 0 Å². The van der Waals surface area contributed by atoms with E-state index in [4.69, 9.17) is 0 Å². The maximum atomic E-state index is 3.68. The smallest absolute Gasteiger partial charge is 0.0201 e. The van der Waals surface area contributed by atoms with E-state index in [2.05, 4.69) is 24.0 Å². The molecule has 0 spiro atoms. The van der Waals surface area contributed by atoms with Gasteiger partial charge in [0, 0.05) is 11.3 Å². The predicted molar refractivity (Wildman–Crippen MR) is 60.3 cm³/mol. The van der Waals surface area contributed by atoms with Crippen LogP contribution in [0.1, 0.15) is 39.0 Å². The summed E-state index contributed by atoms with van der Waals surface area (Å²) in [5.74, 6) is 2.47. The van der Waals surface area contributed by atoms with Crippen LogP contribution < -0.4 is 5.32 Å². The molecule has 1 aliphatic carbocycles. The Morgan fingerprint density at radius 3 is 2.77 bits per heavy atom. The van der Waals surface area contributed by atoms with Crippen LogP contribution in [0.4, 0.5) is 0 Å². The molecule has 0 aromatic heterocycles. The normalized spacial score (nSPS) is 30.7. The summed E-state index contributed by atoms with van der Waals surface area (Å²) in [6.07, 6.45) is 7.35. The maximum absolute atomic E-state index is 3.68. The predicted octanol–water partition coefficient (Wildman–Crippen LogP) is 2.66. The molecule has 2 atom stereocenters. The minimum absolute atomic E-state index is 0.824. The van der Waals surface area contributed by atoms with E-state index in [1.165, 1.54) is 37.9 Å². The van der Waals surface area contributed by atoms with Crippen molar-refractivity contribution in [2.45, 2.75) is 50.3 Å². The van der Waals surface area contributed by atoms with E-state index in [1.54, 1.807) is 0 Å². The van der Waals surface area contributed by atoms with Gasteiger partial charge in [-0.3, -0.25) is 0 Å². The summed E-state index contributed by atoms with van der Waals surface area (Å²) in [5, 5.41) is 4.61. The van der Waals surface area contributed by atoms with Crippen molar-refractivity contribution in [2.24, 2.45) is 5.92 Å². The molecule has 0 bridgehead atoms. The standard InChI is InChI=1S/C11H21NS/c1-2-12-10(8-9-5-6-9)11-4-3-7-13-11/h9-12H,2-8H2,1H3. The molecule has 2 unspecified atom stereocenters. The molecule has 1 aliphatic heterocycles. The Bertz CT molecular complexity index is 150. The lowest BCUT2D eigenvalue weighted by atomic mass is 10.0. The average Bonchev–Trinajstić information content (AvgIpc) is 2.80. The Kier molecular flexibility index (Phi) is 3.56. The maximum Gasteiger partial charge on any atom is 0.0201 e. The van der Waals surface area contributed by atoms with E-state index < -0.39 is 0 Å². The van der Waals surface area contributed by atoms with E-state index in [0.29, 0.717) is 0 Å². The Labute approximate surface area is 86.0 Å². The van der Waals surface area contributed by atoms with Crippen LogP contribution in [0.5, 0.6) is 0 Å². The van der Waals surface area contributed by atoms with Gasteiger partial charge in [-0.2, -0.15) is 11.8 Å².